The number of hydrogen-bond donors (Lipinski definition) is 1. The third-order valence-corrected chi connectivity index (χ3v) is 3.77. The van der Waals surface area contributed by atoms with Gasteiger partial charge < -0.3 is 5.32 Å². The van der Waals surface area contributed by atoms with Crippen molar-refractivity contribution in [3.63, 3.8) is 0 Å². The number of hydrogen-bond acceptors (Lipinski definition) is 2. The second-order valence-electron chi connectivity index (χ2n) is 4.19. The van der Waals surface area contributed by atoms with Crippen LogP contribution in [0, 0.1) is 14.9 Å². The van der Waals surface area contributed by atoms with Crippen LogP contribution >= 0.6 is 38.5 Å². The van der Waals surface area contributed by atoms with Gasteiger partial charge in [-0.3, -0.25) is 4.79 Å². The highest BCUT2D eigenvalue weighted by atomic mass is 127. The summed E-state index contributed by atoms with van der Waals surface area (Å²) in [6, 6.07) is 16.8. The zero-order valence-electron chi connectivity index (χ0n) is 10.8. The lowest BCUT2D eigenvalue weighted by Crippen LogP contribution is -2.13. The van der Waals surface area contributed by atoms with Gasteiger partial charge in [0.05, 0.1) is 0 Å². The molecule has 5 heteroatoms. The molecule has 0 saturated heterocycles. The van der Waals surface area contributed by atoms with Crippen LogP contribution in [0.5, 0.6) is 0 Å². The Hall–Kier alpha value is -1.65. The molecule has 0 saturated carbocycles. The second-order valence-corrected chi connectivity index (χ2v) is 6.35. The molecule has 3 nitrogen and oxygen atoms in total. The van der Waals surface area contributed by atoms with Crippen LogP contribution in [0.2, 0.25) is 0 Å². The van der Waals surface area contributed by atoms with Crippen molar-refractivity contribution >= 4 is 56.2 Å². The van der Waals surface area contributed by atoms with Crippen LogP contribution in [0.3, 0.4) is 0 Å². The van der Waals surface area contributed by atoms with Crippen LogP contribution in [0.15, 0.2) is 58.6 Å². The standard InChI is InChI=1S/C16H10BrIN2O/c17-13-4-2-6-15(9-13)20-16(21)12(10-19)7-11-3-1-5-14(18)8-11/h1-9H,(H,20,21). The number of anilines is 1. The molecule has 0 unspecified atom stereocenters. The summed E-state index contributed by atoms with van der Waals surface area (Å²) in [6.45, 7) is 0. The van der Waals surface area contributed by atoms with E-state index in [1.807, 2.05) is 42.5 Å². The Kier molecular flexibility index (Phi) is 5.53. The van der Waals surface area contributed by atoms with E-state index in [0.717, 1.165) is 13.6 Å². The third-order valence-electron chi connectivity index (χ3n) is 2.61. The fourth-order valence-electron chi connectivity index (χ4n) is 1.68. The van der Waals surface area contributed by atoms with Crippen LogP contribution in [0.1, 0.15) is 5.56 Å². The van der Waals surface area contributed by atoms with Gasteiger partial charge in [0.25, 0.3) is 5.91 Å². The average Bonchev–Trinajstić information content (AvgIpc) is 2.44. The summed E-state index contributed by atoms with van der Waals surface area (Å²) in [5.74, 6) is -0.422. The molecule has 2 rings (SSSR count). The van der Waals surface area contributed by atoms with Crippen LogP contribution in [-0.4, -0.2) is 5.91 Å². The molecule has 0 radical (unpaired) electrons. The number of carbonyl (C=O) groups is 1. The summed E-state index contributed by atoms with van der Waals surface area (Å²) in [6.07, 6.45) is 1.58. The number of nitrogens with zero attached hydrogens (tertiary/aromatic N) is 1. The van der Waals surface area contributed by atoms with E-state index >= 15 is 0 Å². The summed E-state index contributed by atoms with van der Waals surface area (Å²) in [4.78, 5) is 12.1. The van der Waals surface area contributed by atoms with Crippen LogP contribution in [-0.2, 0) is 4.79 Å². The van der Waals surface area contributed by atoms with Crippen molar-refractivity contribution in [2.45, 2.75) is 0 Å². The first-order valence-corrected chi connectivity index (χ1v) is 7.90. The minimum absolute atomic E-state index is 0.0666. The Morgan fingerprint density at radius 2 is 2.00 bits per heavy atom. The normalized spacial score (nSPS) is 10.8. The van der Waals surface area contributed by atoms with Gasteiger partial charge in [0.15, 0.2) is 0 Å². The van der Waals surface area contributed by atoms with Gasteiger partial charge in [-0.1, -0.05) is 34.1 Å². The van der Waals surface area contributed by atoms with Crippen LogP contribution < -0.4 is 5.32 Å². The van der Waals surface area contributed by atoms with Gasteiger partial charge in [-0.25, -0.2) is 0 Å². The fourth-order valence-corrected chi connectivity index (χ4v) is 2.64. The average molecular weight is 453 g/mol. The predicted octanol–water partition coefficient (Wildman–Crippen LogP) is 4.60. The van der Waals surface area contributed by atoms with Gasteiger partial charge in [-0.15, -0.1) is 0 Å². The highest BCUT2D eigenvalue weighted by molar-refractivity contribution is 14.1. The molecule has 2 aromatic carbocycles. The Balaban J connectivity index is 2.21. The topological polar surface area (TPSA) is 52.9 Å². The highest BCUT2D eigenvalue weighted by Crippen LogP contribution is 2.17. The zero-order chi connectivity index (χ0) is 15.2. The Bertz CT molecular complexity index is 750. The van der Waals surface area contributed by atoms with E-state index in [4.69, 9.17) is 5.26 Å². The summed E-state index contributed by atoms with van der Waals surface area (Å²) in [5, 5.41) is 11.9. The quantitative estimate of drug-likeness (QED) is 0.420. The maximum atomic E-state index is 12.1. The van der Waals surface area contributed by atoms with Crippen molar-refractivity contribution in [3.05, 3.63) is 67.7 Å². The number of halogens is 2. The zero-order valence-corrected chi connectivity index (χ0v) is 14.6. The lowest BCUT2D eigenvalue weighted by atomic mass is 10.1. The predicted molar refractivity (Wildman–Crippen MR) is 95.5 cm³/mol. The van der Waals surface area contributed by atoms with Gasteiger partial charge in [-0.05, 0) is 64.6 Å². The lowest BCUT2D eigenvalue weighted by Gasteiger charge is -2.04. The van der Waals surface area contributed by atoms with Crippen LogP contribution in [0.25, 0.3) is 6.08 Å². The molecule has 2 aromatic rings. The molecule has 104 valence electrons. The largest absolute Gasteiger partial charge is 0.321 e. The minimum Gasteiger partial charge on any atom is -0.321 e. The number of nitriles is 1. The van der Waals surface area contributed by atoms with E-state index in [2.05, 4.69) is 43.8 Å². The first-order chi connectivity index (χ1) is 10.1. The highest BCUT2D eigenvalue weighted by Gasteiger charge is 2.09. The molecule has 0 aliphatic rings. The molecule has 0 atom stereocenters. The number of benzene rings is 2. The first-order valence-electron chi connectivity index (χ1n) is 6.03. The van der Waals surface area contributed by atoms with E-state index in [1.165, 1.54) is 0 Å². The summed E-state index contributed by atoms with van der Waals surface area (Å²) < 4.78 is 1.91. The van der Waals surface area contributed by atoms with E-state index < -0.39 is 5.91 Å². The second kappa shape index (κ2) is 7.38. The molecule has 0 heterocycles. The molecular formula is C16H10BrIN2O. The maximum Gasteiger partial charge on any atom is 0.266 e. The minimum atomic E-state index is -0.422. The van der Waals surface area contributed by atoms with Crippen molar-refractivity contribution in [1.82, 2.24) is 0 Å². The third kappa shape index (κ3) is 4.69. The van der Waals surface area contributed by atoms with Crippen molar-refractivity contribution < 1.29 is 4.79 Å². The summed E-state index contributed by atoms with van der Waals surface area (Å²) >= 11 is 5.52. The van der Waals surface area contributed by atoms with Crippen molar-refractivity contribution in [1.29, 1.82) is 5.26 Å². The van der Waals surface area contributed by atoms with Gasteiger partial charge in [0.1, 0.15) is 11.6 Å². The molecule has 0 aliphatic heterocycles. The SMILES string of the molecule is N#CC(=Cc1cccc(I)c1)C(=O)Nc1cccc(Br)c1. The molecule has 0 spiro atoms. The molecule has 0 fully saturated rings. The van der Waals surface area contributed by atoms with Gasteiger partial charge in [0, 0.05) is 13.7 Å². The van der Waals surface area contributed by atoms with Crippen LogP contribution in [0.4, 0.5) is 5.69 Å². The molecule has 0 aromatic heterocycles. The molecule has 21 heavy (non-hydrogen) atoms. The monoisotopic (exact) mass is 452 g/mol. The summed E-state index contributed by atoms with van der Waals surface area (Å²) in [7, 11) is 0. The van der Waals surface area contributed by atoms with Crippen molar-refractivity contribution in [2.75, 3.05) is 5.32 Å². The van der Waals surface area contributed by atoms with Crippen molar-refractivity contribution in [2.24, 2.45) is 0 Å². The fraction of sp³-hybridized carbons (Fsp3) is 0. The Morgan fingerprint density at radius 3 is 2.67 bits per heavy atom. The van der Waals surface area contributed by atoms with E-state index in [0.29, 0.717) is 5.69 Å². The molecule has 0 bridgehead atoms. The Labute approximate surface area is 144 Å². The van der Waals surface area contributed by atoms with Gasteiger partial charge in [-0.2, -0.15) is 5.26 Å². The van der Waals surface area contributed by atoms with E-state index in [-0.39, 0.29) is 5.57 Å². The summed E-state index contributed by atoms with van der Waals surface area (Å²) in [5.41, 5.74) is 1.53. The lowest BCUT2D eigenvalue weighted by molar-refractivity contribution is -0.112. The number of nitrogens with one attached hydrogen (secondary N) is 1. The van der Waals surface area contributed by atoms with Crippen molar-refractivity contribution in [3.8, 4) is 6.07 Å². The Morgan fingerprint density at radius 1 is 1.24 bits per heavy atom. The molecular weight excluding hydrogens is 443 g/mol. The van der Waals surface area contributed by atoms with Gasteiger partial charge in [0.2, 0.25) is 0 Å². The number of rotatable bonds is 3. The molecule has 1 N–H and O–H groups in total. The number of carbonyl (C=O) groups excluding carboxylic acids is 1. The first kappa shape index (κ1) is 15.7. The molecule has 0 aliphatic carbocycles. The smallest absolute Gasteiger partial charge is 0.266 e. The van der Waals surface area contributed by atoms with E-state index in [1.54, 1.807) is 18.2 Å². The maximum absolute atomic E-state index is 12.1. The van der Waals surface area contributed by atoms with E-state index in [9.17, 15) is 4.79 Å². The number of amides is 1. The molecule has 1 amide bonds. The van der Waals surface area contributed by atoms with Gasteiger partial charge >= 0.3 is 0 Å².